The molecule has 2 N–H and O–H groups in total. The topological polar surface area (TPSA) is 89.4 Å². The third-order valence-corrected chi connectivity index (χ3v) is 6.76. The lowest BCUT2D eigenvalue weighted by Crippen LogP contribution is -2.34. The first kappa shape index (κ1) is 19.0. The van der Waals surface area contributed by atoms with Gasteiger partial charge < -0.3 is 10.6 Å². The predicted molar refractivity (Wildman–Crippen MR) is 123 cm³/mol. The van der Waals surface area contributed by atoms with Gasteiger partial charge in [0.05, 0.1) is 17.0 Å². The maximum Gasteiger partial charge on any atom is 0.255 e. The molecule has 2 aliphatic rings. The molecule has 7 nitrogen and oxygen atoms in total. The highest BCUT2D eigenvalue weighted by Crippen LogP contribution is 2.40. The maximum absolute atomic E-state index is 13.1. The van der Waals surface area contributed by atoms with E-state index in [1.807, 2.05) is 42.3 Å². The molecular formula is C25H24N6O. The maximum atomic E-state index is 13.1. The zero-order valence-corrected chi connectivity index (χ0v) is 18.1. The number of aryl methyl sites for hydroxylation is 1. The number of rotatable bonds is 4. The lowest BCUT2D eigenvalue weighted by molar-refractivity contribution is 0.0697. The van der Waals surface area contributed by atoms with Gasteiger partial charge in [-0.3, -0.25) is 9.78 Å². The van der Waals surface area contributed by atoms with E-state index in [-0.39, 0.29) is 5.91 Å². The molecule has 0 spiro atoms. The van der Waals surface area contributed by atoms with Gasteiger partial charge in [0.1, 0.15) is 0 Å². The van der Waals surface area contributed by atoms with Crippen molar-refractivity contribution < 1.29 is 4.79 Å². The number of fused-ring (bicyclic) bond motifs is 2. The van der Waals surface area contributed by atoms with Gasteiger partial charge in [0.25, 0.3) is 5.91 Å². The molecule has 6 rings (SSSR count). The van der Waals surface area contributed by atoms with Gasteiger partial charge in [0, 0.05) is 36.1 Å². The molecule has 0 unspecified atom stereocenters. The number of pyridine rings is 1. The van der Waals surface area contributed by atoms with Crippen molar-refractivity contribution in [3.63, 3.8) is 0 Å². The van der Waals surface area contributed by atoms with E-state index < -0.39 is 0 Å². The van der Waals surface area contributed by atoms with Crippen LogP contribution in [0.3, 0.4) is 0 Å². The molecule has 0 radical (unpaired) electrons. The molecule has 1 aliphatic heterocycles. The van der Waals surface area contributed by atoms with Crippen molar-refractivity contribution in [1.29, 1.82) is 0 Å². The highest BCUT2D eigenvalue weighted by molar-refractivity contribution is 6.00. The third-order valence-electron chi connectivity index (χ3n) is 6.76. The van der Waals surface area contributed by atoms with Crippen molar-refractivity contribution in [2.24, 2.45) is 5.92 Å². The van der Waals surface area contributed by atoms with Gasteiger partial charge in [-0.2, -0.15) is 0 Å². The Kier molecular flexibility index (Phi) is 4.08. The summed E-state index contributed by atoms with van der Waals surface area (Å²) in [6.45, 7) is 4.86. The number of aromatic nitrogens is 4. The predicted octanol–water partition coefficient (Wildman–Crippen LogP) is 4.10. The van der Waals surface area contributed by atoms with Crippen molar-refractivity contribution in [3.05, 3.63) is 65.5 Å². The number of nitrogen functional groups attached to an aromatic ring is 1. The molecule has 0 saturated heterocycles. The van der Waals surface area contributed by atoms with Crippen LogP contribution in [0.5, 0.6) is 0 Å². The first-order valence-electron chi connectivity index (χ1n) is 11.0. The molecule has 1 aromatic carbocycles. The van der Waals surface area contributed by atoms with E-state index in [0.717, 1.165) is 39.2 Å². The number of anilines is 1. The lowest BCUT2D eigenvalue weighted by Gasteiger charge is -2.24. The lowest BCUT2D eigenvalue weighted by atomic mass is 9.98. The Hall–Kier alpha value is -3.74. The van der Waals surface area contributed by atoms with Crippen LogP contribution in [0.1, 0.15) is 41.3 Å². The Bertz CT molecular complexity index is 1370. The number of nitrogens with two attached hydrogens (primary N) is 1. The summed E-state index contributed by atoms with van der Waals surface area (Å²) in [6, 6.07) is 12.1. The molecule has 1 saturated carbocycles. The number of nitrogens with zero attached hydrogens (tertiary/aromatic N) is 5. The quantitative estimate of drug-likeness (QED) is 0.533. The van der Waals surface area contributed by atoms with Gasteiger partial charge in [-0.1, -0.05) is 6.07 Å². The molecule has 1 aliphatic carbocycles. The van der Waals surface area contributed by atoms with Gasteiger partial charge in [-0.25, -0.2) is 9.50 Å². The van der Waals surface area contributed by atoms with Gasteiger partial charge in [-0.05, 0) is 74.1 Å². The van der Waals surface area contributed by atoms with Crippen LogP contribution in [-0.4, -0.2) is 36.4 Å². The fourth-order valence-electron chi connectivity index (χ4n) is 4.86. The number of carbonyl (C=O) groups excluding carboxylic acids is 1. The Morgan fingerprint density at radius 2 is 1.97 bits per heavy atom. The molecule has 4 aromatic rings. The first-order valence-corrected chi connectivity index (χ1v) is 11.0. The fourth-order valence-corrected chi connectivity index (χ4v) is 4.86. The average Bonchev–Trinajstić information content (AvgIpc) is 3.51. The van der Waals surface area contributed by atoms with E-state index in [1.54, 1.807) is 10.7 Å². The van der Waals surface area contributed by atoms with Crippen molar-refractivity contribution in [2.75, 3.05) is 5.73 Å². The van der Waals surface area contributed by atoms with Gasteiger partial charge in [0.15, 0.2) is 11.5 Å². The van der Waals surface area contributed by atoms with E-state index in [9.17, 15) is 4.79 Å². The Morgan fingerprint density at radius 3 is 2.72 bits per heavy atom. The number of amides is 1. The van der Waals surface area contributed by atoms with Crippen LogP contribution < -0.4 is 5.73 Å². The summed E-state index contributed by atoms with van der Waals surface area (Å²) in [5.74, 6) is 1.20. The monoisotopic (exact) mass is 424 g/mol. The molecule has 1 amide bonds. The fraction of sp³-hybridized carbons (Fsp3) is 0.280. The van der Waals surface area contributed by atoms with Crippen LogP contribution in [0.15, 0.2) is 48.8 Å². The molecule has 3 aromatic heterocycles. The zero-order valence-electron chi connectivity index (χ0n) is 18.1. The minimum Gasteiger partial charge on any atom is -0.382 e. The molecule has 1 fully saturated rings. The van der Waals surface area contributed by atoms with Gasteiger partial charge in [0.2, 0.25) is 0 Å². The second-order valence-corrected chi connectivity index (χ2v) is 8.89. The smallest absolute Gasteiger partial charge is 0.255 e. The Labute approximate surface area is 185 Å². The highest BCUT2D eigenvalue weighted by Gasteiger charge is 2.39. The van der Waals surface area contributed by atoms with E-state index in [2.05, 4.69) is 29.1 Å². The van der Waals surface area contributed by atoms with Gasteiger partial charge in [-0.15, -0.1) is 5.10 Å². The van der Waals surface area contributed by atoms with Crippen molar-refractivity contribution >= 4 is 17.4 Å². The zero-order chi connectivity index (χ0) is 22.0. The molecule has 32 heavy (non-hydrogen) atoms. The van der Waals surface area contributed by atoms with Crippen LogP contribution in [0.25, 0.3) is 28.2 Å². The van der Waals surface area contributed by atoms with Gasteiger partial charge >= 0.3 is 0 Å². The summed E-state index contributed by atoms with van der Waals surface area (Å²) in [5, 5.41) is 4.40. The normalized spacial score (nSPS) is 16.6. The molecule has 7 heteroatoms. The van der Waals surface area contributed by atoms with Crippen molar-refractivity contribution in [3.8, 4) is 22.5 Å². The molecule has 0 bridgehead atoms. The number of benzene rings is 1. The van der Waals surface area contributed by atoms with Crippen LogP contribution in [0.2, 0.25) is 0 Å². The third kappa shape index (κ3) is 2.88. The van der Waals surface area contributed by atoms with Crippen molar-refractivity contribution in [1.82, 2.24) is 24.5 Å². The van der Waals surface area contributed by atoms with Crippen LogP contribution >= 0.6 is 0 Å². The molecule has 160 valence electrons. The number of carbonyl (C=O) groups is 1. The molecule has 1 atom stereocenters. The van der Waals surface area contributed by atoms with Crippen molar-refractivity contribution in [2.45, 2.75) is 39.3 Å². The molecule has 4 heterocycles. The second-order valence-electron chi connectivity index (χ2n) is 8.89. The summed E-state index contributed by atoms with van der Waals surface area (Å²) in [7, 11) is 0. The average molecular weight is 425 g/mol. The SMILES string of the molecule is Cc1cc(-c2ccn3nc(N)c(-c4ccccn4)c3n2)cc2c1C(=O)N([C@@H](C)C1CC1)C2. The summed E-state index contributed by atoms with van der Waals surface area (Å²) >= 11 is 0. The van der Waals surface area contributed by atoms with E-state index in [4.69, 9.17) is 10.7 Å². The first-order chi connectivity index (χ1) is 15.5. The summed E-state index contributed by atoms with van der Waals surface area (Å²) in [6.07, 6.45) is 6.05. The second kappa shape index (κ2) is 6.88. The molecular weight excluding hydrogens is 400 g/mol. The standard InChI is InChI=1S/C25H24N6O/c1-14-11-17(12-18-13-30(25(32)21(14)18)15(2)16-6-7-16)19-8-10-31-24(28-19)22(23(26)29-31)20-5-3-4-9-27-20/h3-5,8-12,15-16H,6-7,13H2,1-2H3,(H2,26,29)/t15-/m0/s1. The summed E-state index contributed by atoms with van der Waals surface area (Å²) in [5.41, 5.74) is 13.1. The summed E-state index contributed by atoms with van der Waals surface area (Å²) in [4.78, 5) is 24.5. The number of hydrogen-bond acceptors (Lipinski definition) is 5. The van der Waals surface area contributed by atoms with Crippen LogP contribution in [0.4, 0.5) is 5.82 Å². The van der Waals surface area contributed by atoms with Crippen LogP contribution in [0, 0.1) is 12.8 Å². The largest absolute Gasteiger partial charge is 0.382 e. The van der Waals surface area contributed by atoms with E-state index in [0.29, 0.717) is 30.0 Å². The summed E-state index contributed by atoms with van der Waals surface area (Å²) < 4.78 is 1.69. The minimum atomic E-state index is 0.160. The number of hydrogen-bond donors (Lipinski definition) is 1. The Morgan fingerprint density at radius 1 is 1.12 bits per heavy atom. The highest BCUT2D eigenvalue weighted by atomic mass is 16.2. The van der Waals surface area contributed by atoms with E-state index >= 15 is 0 Å². The van der Waals surface area contributed by atoms with E-state index in [1.165, 1.54) is 12.8 Å². The van der Waals surface area contributed by atoms with Crippen LogP contribution in [-0.2, 0) is 6.54 Å². The Balaban J connectivity index is 1.43. The minimum absolute atomic E-state index is 0.160.